The Morgan fingerprint density at radius 2 is 2.12 bits per heavy atom. The van der Waals surface area contributed by atoms with E-state index in [2.05, 4.69) is 9.36 Å². The zero-order valence-electron chi connectivity index (χ0n) is 13.6. The highest BCUT2D eigenvalue weighted by molar-refractivity contribution is 7.05. The minimum atomic E-state index is -0.522. The van der Waals surface area contributed by atoms with Gasteiger partial charge in [0, 0.05) is 18.7 Å². The van der Waals surface area contributed by atoms with E-state index in [0.29, 0.717) is 35.0 Å². The van der Waals surface area contributed by atoms with E-state index in [0.717, 1.165) is 0 Å². The Morgan fingerprint density at radius 1 is 1.40 bits per heavy atom. The van der Waals surface area contributed by atoms with Crippen LogP contribution in [0.4, 0.5) is 0 Å². The first-order valence-corrected chi connectivity index (χ1v) is 8.46. The predicted octanol–water partition coefficient (Wildman–Crippen LogP) is 1.11. The van der Waals surface area contributed by atoms with Gasteiger partial charge >= 0.3 is 0 Å². The maximum Gasteiger partial charge on any atom is 0.254 e. The highest BCUT2D eigenvalue weighted by atomic mass is 32.1. The molecule has 1 fully saturated rings. The van der Waals surface area contributed by atoms with E-state index >= 15 is 0 Å². The van der Waals surface area contributed by atoms with Crippen molar-refractivity contribution in [3.8, 4) is 6.07 Å². The van der Waals surface area contributed by atoms with Crippen LogP contribution in [0.3, 0.4) is 0 Å². The van der Waals surface area contributed by atoms with Crippen molar-refractivity contribution in [2.45, 2.75) is 13.1 Å². The van der Waals surface area contributed by atoms with Gasteiger partial charge in [-0.05, 0) is 42.7 Å². The van der Waals surface area contributed by atoms with Crippen molar-refractivity contribution in [1.82, 2.24) is 19.2 Å². The molecule has 1 amide bonds. The number of piperazine rings is 1. The number of hydrogen-bond acceptors (Lipinski definition) is 7. The summed E-state index contributed by atoms with van der Waals surface area (Å²) in [6, 6.07) is 8.52. The van der Waals surface area contributed by atoms with E-state index in [1.54, 1.807) is 41.0 Å². The minimum Gasteiger partial charge on any atom is -0.336 e. The van der Waals surface area contributed by atoms with Crippen LogP contribution in [-0.2, 0) is 0 Å². The van der Waals surface area contributed by atoms with Crippen molar-refractivity contribution < 1.29 is 4.79 Å². The zero-order valence-corrected chi connectivity index (χ0v) is 14.5. The van der Waals surface area contributed by atoms with Crippen molar-refractivity contribution in [2.75, 3.05) is 19.6 Å². The summed E-state index contributed by atoms with van der Waals surface area (Å²) in [5.74, 6) is 0.777. The predicted molar refractivity (Wildman–Crippen MR) is 93.1 cm³/mol. The van der Waals surface area contributed by atoms with Gasteiger partial charge in [-0.1, -0.05) is 0 Å². The Labute approximate surface area is 149 Å². The first-order valence-electron chi connectivity index (χ1n) is 7.69. The number of nitrogens with zero attached hydrogens (tertiary/aromatic N) is 5. The van der Waals surface area contributed by atoms with Crippen molar-refractivity contribution in [3.63, 3.8) is 0 Å². The lowest BCUT2D eigenvalue weighted by atomic mass is 10.1. The smallest absolute Gasteiger partial charge is 0.254 e. The number of nitrogens with two attached hydrogens (primary N) is 1. The zero-order chi connectivity index (χ0) is 18.0. The molecular weight excluding hydrogens is 338 g/mol. The van der Waals surface area contributed by atoms with Crippen LogP contribution >= 0.6 is 11.5 Å². The molecule has 0 aliphatic carbocycles. The molecule has 1 saturated heterocycles. The summed E-state index contributed by atoms with van der Waals surface area (Å²) in [5.41, 5.74) is 7.21. The molecule has 0 bridgehead atoms. The number of aryl methyl sites for hydroxylation is 1. The summed E-state index contributed by atoms with van der Waals surface area (Å²) in [6.45, 7) is 2.91. The largest absolute Gasteiger partial charge is 0.336 e. The fourth-order valence-electron chi connectivity index (χ4n) is 2.63. The monoisotopic (exact) mass is 355 g/mol. The highest BCUT2D eigenvalue weighted by Gasteiger charge is 2.30. The molecule has 3 N–H and O–H groups in total. The lowest BCUT2D eigenvalue weighted by Gasteiger charge is -2.38. The van der Waals surface area contributed by atoms with Gasteiger partial charge in [0.2, 0.25) is 0 Å². The Morgan fingerprint density at radius 3 is 2.68 bits per heavy atom. The summed E-state index contributed by atoms with van der Waals surface area (Å²) in [5, 5.41) is 17.7. The van der Waals surface area contributed by atoms with E-state index in [9.17, 15) is 4.79 Å². The number of rotatable bonds is 3. The molecule has 1 aliphatic heterocycles. The highest BCUT2D eigenvalue weighted by Crippen LogP contribution is 2.20. The van der Waals surface area contributed by atoms with Crippen LogP contribution in [-0.4, -0.2) is 50.5 Å². The third kappa shape index (κ3) is 3.50. The summed E-state index contributed by atoms with van der Waals surface area (Å²) in [7, 11) is 0. The van der Waals surface area contributed by atoms with Crippen LogP contribution in [0.1, 0.15) is 32.9 Å². The molecule has 0 spiro atoms. The van der Waals surface area contributed by atoms with Gasteiger partial charge in [0.25, 0.3) is 5.91 Å². The SMILES string of the molecule is Cc1nsc(C(N)N2CCN(C(=O)c3ccc(C#N)cc3)CC2=N)n1. The molecule has 25 heavy (non-hydrogen) atoms. The van der Waals surface area contributed by atoms with Gasteiger partial charge in [-0.3, -0.25) is 10.2 Å². The topological polar surface area (TPSA) is 123 Å². The molecule has 1 aliphatic rings. The van der Waals surface area contributed by atoms with Crippen LogP contribution in [0.5, 0.6) is 0 Å². The van der Waals surface area contributed by atoms with E-state index in [-0.39, 0.29) is 18.3 Å². The average molecular weight is 355 g/mol. The summed E-state index contributed by atoms with van der Waals surface area (Å²) in [6.07, 6.45) is -0.522. The fourth-order valence-corrected chi connectivity index (χ4v) is 3.31. The van der Waals surface area contributed by atoms with Gasteiger partial charge in [-0.2, -0.15) is 9.64 Å². The molecule has 3 rings (SSSR count). The van der Waals surface area contributed by atoms with Crippen molar-refractivity contribution in [2.24, 2.45) is 5.73 Å². The number of amides is 1. The van der Waals surface area contributed by atoms with Crippen LogP contribution in [0, 0.1) is 23.7 Å². The van der Waals surface area contributed by atoms with Crippen LogP contribution in [0.15, 0.2) is 24.3 Å². The van der Waals surface area contributed by atoms with Crippen molar-refractivity contribution in [3.05, 3.63) is 46.2 Å². The molecular formula is C16H17N7OS. The third-order valence-corrected chi connectivity index (χ3v) is 4.85. The van der Waals surface area contributed by atoms with Crippen molar-refractivity contribution in [1.29, 1.82) is 10.7 Å². The minimum absolute atomic E-state index is 0.158. The van der Waals surface area contributed by atoms with E-state index in [1.807, 2.05) is 6.07 Å². The van der Waals surface area contributed by atoms with E-state index in [1.165, 1.54) is 11.5 Å². The normalized spacial score (nSPS) is 15.8. The van der Waals surface area contributed by atoms with Gasteiger partial charge in [-0.25, -0.2) is 4.98 Å². The van der Waals surface area contributed by atoms with Gasteiger partial charge in [-0.15, -0.1) is 0 Å². The summed E-state index contributed by atoms with van der Waals surface area (Å²) < 4.78 is 4.12. The maximum absolute atomic E-state index is 12.6. The molecule has 9 heteroatoms. The number of amidine groups is 1. The second-order valence-corrected chi connectivity index (χ2v) is 6.46. The van der Waals surface area contributed by atoms with Gasteiger partial charge in [0.15, 0.2) is 5.01 Å². The van der Waals surface area contributed by atoms with Crippen LogP contribution in [0.2, 0.25) is 0 Å². The molecule has 0 saturated carbocycles. The number of carbonyl (C=O) groups is 1. The molecule has 1 aromatic heterocycles. The third-order valence-electron chi connectivity index (χ3n) is 3.98. The number of aromatic nitrogens is 2. The summed E-state index contributed by atoms with van der Waals surface area (Å²) in [4.78, 5) is 20.2. The summed E-state index contributed by atoms with van der Waals surface area (Å²) >= 11 is 1.23. The van der Waals surface area contributed by atoms with E-state index < -0.39 is 6.17 Å². The Balaban J connectivity index is 1.67. The van der Waals surface area contributed by atoms with Crippen molar-refractivity contribution >= 4 is 23.3 Å². The van der Waals surface area contributed by atoms with Gasteiger partial charge in [0.05, 0.1) is 18.2 Å². The number of benzene rings is 1. The van der Waals surface area contributed by atoms with Crippen LogP contribution in [0.25, 0.3) is 0 Å². The maximum atomic E-state index is 12.6. The van der Waals surface area contributed by atoms with Gasteiger partial charge in [0.1, 0.15) is 17.8 Å². The molecule has 128 valence electrons. The first kappa shape index (κ1) is 17.0. The Hall–Kier alpha value is -2.83. The molecule has 8 nitrogen and oxygen atoms in total. The number of nitriles is 1. The van der Waals surface area contributed by atoms with E-state index in [4.69, 9.17) is 16.4 Å². The molecule has 1 atom stereocenters. The van der Waals surface area contributed by atoms with Crippen LogP contribution < -0.4 is 5.73 Å². The molecule has 2 heterocycles. The number of nitrogens with one attached hydrogen (secondary N) is 1. The average Bonchev–Trinajstić information content (AvgIpc) is 3.07. The number of carbonyl (C=O) groups excluding carboxylic acids is 1. The molecule has 1 unspecified atom stereocenters. The first-order chi connectivity index (χ1) is 12.0. The Kier molecular flexibility index (Phi) is 4.74. The Bertz CT molecular complexity index is 839. The van der Waals surface area contributed by atoms with Gasteiger partial charge < -0.3 is 15.5 Å². The molecule has 1 aromatic carbocycles. The lowest BCUT2D eigenvalue weighted by molar-refractivity contribution is 0.0731. The molecule has 2 aromatic rings. The lowest BCUT2D eigenvalue weighted by Crippen LogP contribution is -2.54. The molecule has 0 radical (unpaired) electrons. The standard InChI is InChI=1S/C16H17N7OS/c1-10-20-15(25-21-10)14(19)23-7-6-22(9-13(23)18)16(24)12-4-2-11(8-17)3-5-12/h2-5,14,18H,6-7,9,19H2,1H3. The fraction of sp³-hybridized carbons (Fsp3) is 0.312. The number of hydrogen-bond donors (Lipinski definition) is 2. The second kappa shape index (κ2) is 6.96. The second-order valence-electron chi connectivity index (χ2n) is 5.68. The quantitative estimate of drug-likeness (QED) is 0.850.